The van der Waals surface area contributed by atoms with Gasteiger partial charge in [-0.1, -0.05) is 6.92 Å². The van der Waals surface area contributed by atoms with Crippen molar-refractivity contribution in [2.75, 3.05) is 52.4 Å². The van der Waals surface area contributed by atoms with E-state index in [0.717, 1.165) is 39.3 Å². The molecule has 0 unspecified atom stereocenters. The van der Waals surface area contributed by atoms with E-state index in [1.54, 1.807) is 0 Å². The lowest BCUT2D eigenvalue weighted by molar-refractivity contribution is -0.120. The fraction of sp³-hybridized carbons (Fsp3) is 0.909. The lowest BCUT2D eigenvalue weighted by Gasteiger charge is -2.07. The second-order valence-corrected chi connectivity index (χ2v) is 3.74. The van der Waals surface area contributed by atoms with Crippen molar-refractivity contribution in [1.29, 1.82) is 0 Å². The summed E-state index contributed by atoms with van der Waals surface area (Å²) in [6, 6.07) is 0. The van der Waals surface area contributed by atoms with Gasteiger partial charge in [0.05, 0.1) is 0 Å². The van der Waals surface area contributed by atoms with Crippen LogP contribution in [0, 0.1) is 0 Å². The minimum absolute atomic E-state index is 0.107. The van der Waals surface area contributed by atoms with Gasteiger partial charge >= 0.3 is 0 Å². The summed E-state index contributed by atoms with van der Waals surface area (Å²) in [5, 5.41) is 12.6. The molecule has 102 valence electrons. The van der Waals surface area contributed by atoms with Crippen LogP contribution in [0.5, 0.6) is 0 Å². The smallest absolute Gasteiger partial charge is 0.219 e. The Hall–Kier alpha value is -0.690. The van der Waals surface area contributed by atoms with E-state index in [0.29, 0.717) is 19.5 Å². The number of carbonyl (C=O) groups is 1. The molecule has 6 N–H and O–H groups in total. The fourth-order valence-electron chi connectivity index (χ4n) is 1.25. The van der Waals surface area contributed by atoms with Crippen LogP contribution in [0.1, 0.15) is 13.3 Å². The van der Waals surface area contributed by atoms with Crippen LogP contribution in [0.25, 0.3) is 0 Å². The molecule has 0 bridgehead atoms. The first-order valence-electron chi connectivity index (χ1n) is 6.40. The first kappa shape index (κ1) is 16.3. The van der Waals surface area contributed by atoms with Gasteiger partial charge in [0, 0.05) is 58.8 Å². The van der Waals surface area contributed by atoms with Crippen LogP contribution in [-0.4, -0.2) is 58.3 Å². The van der Waals surface area contributed by atoms with Crippen molar-refractivity contribution in [2.45, 2.75) is 13.3 Å². The summed E-state index contributed by atoms with van der Waals surface area (Å²) in [4.78, 5) is 10.9. The van der Waals surface area contributed by atoms with E-state index in [2.05, 4.69) is 21.3 Å². The largest absolute Gasteiger partial charge is 0.355 e. The summed E-state index contributed by atoms with van der Waals surface area (Å²) in [5.41, 5.74) is 5.35. The maximum absolute atomic E-state index is 10.9. The van der Waals surface area contributed by atoms with Crippen molar-refractivity contribution in [1.82, 2.24) is 21.3 Å². The Morgan fingerprint density at radius 2 is 1.35 bits per heavy atom. The minimum atomic E-state index is 0.107. The van der Waals surface area contributed by atoms with Crippen LogP contribution in [0.4, 0.5) is 0 Å². The van der Waals surface area contributed by atoms with E-state index in [1.807, 2.05) is 6.92 Å². The number of hydrogen-bond donors (Lipinski definition) is 5. The van der Waals surface area contributed by atoms with E-state index in [4.69, 9.17) is 5.73 Å². The Morgan fingerprint density at radius 3 is 1.82 bits per heavy atom. The summed E-state index contributed by atoms with van der Waals surface area (Å²) in [5.74, 6) is 0.107. The van der Waals surface area contributed by atoms with E-state index in [1.165, 1.54) is 0 Å². The van der Waals surface area contributed by atoms with Crippen molar-refractivity contribution in [3.63, 3.8) is 0 Å². The van der Waals surface area contributed by atoms with Crippen LogP contribution in [-0.2, 0) is 4.79 Å². The lowest BCUT2D eigenvalue weighted by atomic mass is 10.4. The molecule has 0 saturated carbocycles. The topological polar surface area (TPSA) is 91.2 Å². The summed E-state index contributed by atoms with van der Waals surface area (Å²) in [7, 11) is 0. The Labute approximate surface area is 104 Å². The molecule has 0 aliphatic rings. The molecule has 0 aliphatic heterocycles. The van der Waals surface area contributed by atoms with Crippen molar-refractivity contribution in [2.24, 2.45) is 5.73 Å². The molecule has 0 aromatic heterocycles. The number of nitrogens with one attached hydrogen (secondary N) is 4. The molecule has 1 amide bonds. The average Bonchev–Trinajstić information content (AvgIpc) is 2.35. The Bertz CT molecular complexity index is 177. The highest BCUT2D eigenvalue weighted by Gasteiger charge is 1.94. The molecule has 17 heavy (non-hydrogen) atoms. The highest BCUT2D eigenvalue weighted by molar-refractivity contribution is 5.75. The highest BCUT2D eigenvalue weighted by Crippen LogP contribution is 1.72. The molecule has 0 rings (SSSR count). The quantitative estimate of drug-likeness (QED) is 0.263. The van der Waals surface area contributed by atoms with E-state index in [9.17, 15) is 4.79 Å². The van der Waals surface area contributed by atoms with Crippen LogP contribution in [0.2, 0.25) is 0 Å². The van der Waals surface area contributed by atoms with E-state index < -0.39 is 0 Å². The molecular formula is C11H27N5O. The zero-order chi connectivity index (χ0) is 12.8. The molecule has 0 atom stereocenters. The summed E-state index contributed by atoms with van der Waals surface area (Å²) in [6.07, 6.45) is 0.553. The monoisotopic (exact) mass is 245 g/mol. The molecule has 0 radical (unpaired) electrons. The third-order valence-corrected chi connectivity index (χ3v) is 2.22. The number of hydrogen-bond acceptors (Lipinski definition) is 5. The number of carbonyl (C=O) groups excluding carboxylic acids is 1. The lowest BCUT2D eigenvalue weighted by Crippen LogP contribution is -2.36. The van der Waals surface area contributed by atoms with Crippen molar-refractivity contribution >= 4 is 5.91 Å². The number of amides is 1. The van der Waals surface area contributed by atoms with Gasteiger partial charge in [0.1, 0.15) is 0 Å². The third-order valence-electron chi connectivity index (χ3n) is 2.22. The van der Waals surface area contributed by atoms with Gasteiger partial charge in [0.15, 0.2) is 0 Å². The van der Waals surface area contributed by atoms with Gasteiger partial charge in [0.25, 0.3) is 0 Å². The van der Waals surface area contributed by atoms with Crippen molar-refractivity contribution < 1.29 is 4.79 Å². The van der Waals surface area contributed by atoms with Crippen LogP contribution >= 0.6 is 0 Å². The maximum atomic E-state index is 10.9. The van der Waals surface area contributed by atoms with Gasteiger partial charge in [-0.25, -0.2) is 0 Å². The second kappa shape index (κ2) is 13.4. The SMILES string of the molecule is CCC(=O)NCCNCCNCCNCCN. The van der Waals surface area contributed by atoms with E-state index >= 15 is 0 Å². The summed E-state index contributed by atoms with van der Waals surface area (Å²) < 4.78 is 0. The van der Waals surface area contributed by atoms with Gasteiger partial charge in [0.2, 0.25) is 5.91 Å². The summed E-state index contributed by atoms with van der Waals surface area (Å²) >= 11 is 0. The van der Waals surface area contributed by atoms with Gasteiger partial charge < -0.3 is 27.0 Å². The molecule has 0 aliphatic carbocycles. The van der Waals surface area contributed by atoms with Crippen LogP contribution < -0.4 is 27.0 Å². The first-order valence-corrected chi connectivity index (χ1v) is 6.40. The zero-order valence-corrected chi connectivity index (χ0v) is 10.8. The van der Waals surface area contributed by atoms with Gasteiger partial charge in [-0.3, -0.25) is 4.79 Å². The van der Waals surface area contributed by atoms with Crippen molar-refractivity contribution in [3.8, 4) is 0 Å². The third kappa shape index (κ3) is 13.2. The Balaban J connectivity index is 2.96. The normalized spacial score (nSPS) is 10.5. The summed E-state index contributed by atoms with van der Waals surface area (Å²) in [6.45, 7) is 8.68. The molecule has 6 heteroatoms. The Kier molecular flexibility index (Phi) is 12.8. The van der Waals surface area contributed by atoms with E-state index in [-0.39, 0.29) is 5.91 Å². The first-order chi connectivity index (χ1) is 8.31. The number of rotatable bonds is 12. The van der Waals surface area contributed by atoms with Gasteiger partial charge in [-0.2, -0.15) is 0 Å². The molecule has 0 fully saturated rings. The standard InChI is InChI=1S/C11H27N5O/c1-2-11(17)16-10-9-15-8-7-14-6-5-13-4-3-12/h13-15H,2-10,12H2,1H3,(H,16,17). The maximum Gasteiger partial charge on any atom is 0.219 e. The predicted molar refractivity (Wildman–Crippen MR) is 71.0 cm³/mol. The molecule has 0 aromatic rings. The van der Waals surface area contributed by atoms with Crippen LogP contribution in [0.15, 0.2) is 0 Å². The fourth-order valence-corrected chi connectivity index (χ4v) is 1.25. The predicted octanol–water partition coefficient (Wildman–Crippen LogP) is -1.76. The zero-order valence-electron chi connectivity index (χ0n) is 10.8. The van der Waals surface area contributed by atoms with Gasteiger partial charge in [-0.05, 0) is 0 Å². The second-order valence-electron chi connectivity index (χ2n) is 3.74. The highest BCUT2D eigenvalue weighted by atomic mass is 16.1. The molecule has 0 aromatic carbocycles. The molecule has 0 saturated heterocycles. The molecular weight excluding hydrogens is 218 g/mol. The van der Waals surface area contributed by atoms with Crippen molar-refractivity contribution in [3.05, 3.63) is 0 Å². The van der Waals surface area contributed by atoms with Crippen LogP contribution in [0.3, 0.4) is 0 Å². The van der Waals surface area contributed by atoms with Gasteiger partial charge in [-0.15, -0.1) is 0 Å². The Morgan fingerprint density at radius 1 is 0.882 bits per heavy atom. The average molecular weight is 245 g/mol. The molecule has 0 heterocycles. The minimum Gasteiger partial charge on any atom is -0.355 e. The number of nitrogens with two attached hydrogens (primary N) is 1. The molecule has 0 spiro atoms. The molecule has 6 nitrogen and oxygen atoms in total.